The van der Waals surface area contributed by atoms with Crippen molar-refractivity contribution in [3.63, 3.8) is 0 Å². The minimum atomic E-state index is 1.08. The summed E-state index contributed by atoms with van der Waals surface area (Å²) in [4.78, 5) is 0. The summed E-state index contributed by atoms with van der Waals surface area (Å²) < 4.78 is 5.50. The minimum Gasteiger partial charge on any atom is -0.485 e. The van der Waals surface area contributed by atoms with E-state index in [0.29, 0.717) is 0 Å². The molecule has 1 aliphatic carbocycles. The van der Waals surface area contributed by atoms with Crippen LogP contribution >= 0.6 is 0 Å². The summed E-state index contributed by atoms with van der Waals surface area (Å²) >= 11 is 0. The molecule has 1 heteroatoms. The van der Waals surface area contributed by atoms with Gasteiger partial charge in [-0.2, -0.15) is 0 Å². The first-order chi connectivity index (χ1) is 6.42. The van der Waals surface area contributed by atoms with Crippen LogP contribution in [0, 0.1) is 6.10 Å². The van der Waals surface area contributed by atoms with E-state index in [2.05, 4.69) is 25.2 Å². The van der Waals surface area contributed by atoms with Crippen LogP contribution in [-0.2, 0) is 4.74 Å². The highest BCUT2D eigenvalue weighted by Crippen LogP contribution is 2.37. The van der Waals surface area contributed by atoms with Crippen molar-refractivity contribution in [1.29, 1.82) is 0 Å². The molecule has 0 saturated heterocycles. The summed E-state index contributed by atoms with van der Waals surface area (Å²) in [5.74, 6) is 0. The lowest BCUT2D eigenvalue weighted by Crippen LogP contribution is -1.97. The van der Waals surface area contributed by atoms with Crippen LogP contribution in [0.3, 0.4) is 0 Å². The lowest BCUT2D eigenvalue weighted by atomic mass is 10.0. The van der Waals surface area contributed by atoms with E-state index in [4.69, 9.17) is 4.74 Å². The number of hydrogen-bond donors (Lipinski definition) is 0. The van der Waals surface area contributed by atoms with Crippen LogP contribution in [0.2, 0.25) is 0 Å². The standard InChI is InChI=1S/C12H15O/c1-2-3-4-8-12-11-7-5-6-10(11)9-13-12/h5-7,9H,2-4,8H2,1H3. The second-order valence-electron chi connectivity index (χ2n) is 3.51. The first-order valence-corrected chi connectivity index (χ1v) is 5.03. The maximum Gasteiger partial charge on any atom is 0.177 e. The first-order valence-electron chi connectivity index (χ1n) is 5.03. The van der Waals surface area contributed by atoms with Crippen molar-refractivity contribution in [2.45, 2.75) is 32.6 Å². The van der Waals surface area contributed by atoms with Crippen molar-refractivity contribution in [1.82, 2.24) is 0 Å². The summed E-state index contributed by atoms with van der Waals surface area (Å²) in [5.41, 5.74) is 2.54. The number of rotatable bonds is 4. The summed E-state index contributed by atoms with van der Waals surface area (Å²) in [7, 11) is 0. The Balaban J connectivity index is 1.85. The molecule has 1 radical (unpaired) electrons. The van der Waals surface area contributed by atoms with Crippen LogP contribution in [0.25, 0.3) is 0 Å². The van der Waals surface area contributed by atoms with Crippen molar-refractivity contribution < 1.29 is 4.74 Å². The fraction of sp³-hybridized carbons (Fsp3) is 0.417. The van der Waals surface area contributed by atoms with Gasteiger partial charge in [-0.15, -0.1) is 0 Å². The molecule has 1 nitrogen and oxygen atoms in total. The van der Waals surface area contributed by atoms with Gasteiger partial charge < -0.3 is 4.74 Å². The van der Waals surface area contributed by atoms with Crippen LogP contribution in [0.4, 0.5) is 0 Å². The Morgan fingerprint density at radius 1 is 1.31 bits per heavy atom. The van der Waals surface area contributed by atoms with Crippen molar-refractivity contribution in [3.8, 4) is 0 Å². The molecule has 0 N–H and O–H groups in total. The Kier molecular flexibility index (Phi) is 2.53. The molecule has 0 aromatic rings. The Hall–Kier alpha value is -0.980. The van der Waals surface area contributed by atoms with E-state index in [1.807, 2.05) is 6.26 Å². The number of fused-ring (bicyclic) bond motifs is 1. The molecular weight excluding hydrogens is 160 g/mol. The largest absolute Gasteiger partial charge is 0.485 e. The lowest BCUT2D eigenvalue weighted by Gasteiger charge is -2.09. The van der Waals surface area contributed by atoms with Gasteiger partial charge in [0.05, 0.1) is 6.26 Å². The molecular formula is C12H15O. The highest BCUT2D eigenvalue weighted by Gasteiger charge is 2.25. The van der Waals surface area contributed by atoms with Gasteiger partial charge in [0.1, 0.15) is 0 Å². The molecule has 0 saturated carbocycles. The molecule has 1 heterocycles. The van der Waals surface area contributed by atoms with Gasteiger partial charge >= 0.3 is 0 Å². The zero-order valence-corrected chi connectivity index (χ0v) is 8.05. The Labute approximate surface area is 79.8 Å². The first kappa shape index (κ1) is 8.61. The van der Waals surface area contributed by atoms with Crippen LogP contribution in [0.15, 0.2) is 35.6 Å². The van der Waals surface area contributed by atoms with Gasteiger partial charge in [-0.05, 0) is 12.8 Å². The average molecular weight is 175 g/mol. The van der Waals surface area contributed by atoms with Gasteiger partial charge in [-0.1, -0.05) is 38.0 Å². The van der Waals surface area contributed by atoms with Crippen molar-refractivity contribution in [2.75, 3.05) is 0 Å². The predicted molar refractivity (Wildman–Crippen MR) is 53.8 cm³/mol. The summed E-state index contributed by atoms with van der Waals surface area (Å²) in [6.45, 7) is 2.22. The molecule has 13 heavy (non-hydrogen) atoms. The zero-order valence-electron chi connectivity index (χ0n) is 8.05. The number of ether oxygens (including phenoxy) is 1. The predicted octanol–water partition coefficient (Wildman–Crippen LogP) is 3.51. The van der Waals surface area contributed by atoms with Gasteiger partial charge in [0.2, 0.25) is 0 Å². The van der Waals surface area contributed by atoms with Crippen molar-refractivity contribution in [2.24, 2.45) is 0 Å². The Morgan fingerprint density at radius 3 is 3.08 bits per heavy atom. The Morgan fingerprint density at radius 2 is 2.23 bits per heavy atom. The quantitative estimate of drug-likeness (QED) is 0.594. The molecule has 0 fully saturated rings. The van der Waals surface area contributed by atoms with E-state index in [0.717, 1.165) is 12.5 Å². The van der Waals surface area contributed by atoms with E-state index in [1.165, 1.54) is 30.4 Å². The highest BCUT2D eigenvalue weighted by molar-refractivity contribution is 5.56. The van der Waals surface area contributed by atoms with Gasteiger partial charge in [0.25, 0.3) is 0 Å². The second-order valence-corrected chi connectivity index (χ2v) is 3.51. The van der Waals surface area contributed by atoms with Crippen LogP contribution in [0.1, 0.15) is 32.6 Å². The van der Waals surface area contributed by atoms with E-state index >= 15 is 0 Å². The van der Waals surface area contributed by atoms with Gasteiger partial charge in [-0.25, -0.2) is 0 Å². The van der Waals surface area contributed by atoms with Crippen molar-refractivity contribution >= 4 is 0 Å². The normalized spacial score (nSPS) is 19.8. The topological polar surface area (TPSA) is 9.23 Å². The van der Waals surface area contributed by atoms with Crippen LogP contribution in [-0.4, -0.2) is 0 Å². The SMILES string of the molecule is CCCCC[C]1OC=C2C=CC=C12. The molecule has 2 aliphatic rings. The van der Waals surface area contributed by atoms with Gasteiger partial charge in [0, 0.05) is 11.1 Å². The number of allylic oxidation sites excluding steroid dienone is 3. The average Bonchev–Trinajstić information content (AvgIpc) is 2.68. The van der Waals surface area contributed by atoms with E-state index in [1.54, 1.807) is 0 Å². The van der Waals surface area contributed by atoms with E-state index in [9.17, 15) is 0 Å². The van der Waals surface area contributed by atoms with E-state index in [-0.39, 0.29) is 0 Å². The molecule has 0 aromatic carbocycles. The summed E-state index contributed by atoms with van der Waals surface area (Å²) in [6, 6.07) is 0. The third-order valence-corrected chi connectivity index (χ3v) is 2.49. The van der Waals surface area contributed by atoms with E-state index < -0.39 is 0 Å². The smallest absolute Gasteiger partial charge is 0.177 e. The zero-order chi connectivity index (χ0) is 9.10. The molecule has 0 spiro atoms. The molecule has 69 valence electrons. The van der Waals surface area contributed by atoms with Crippen molar-refractivity contribution in [3.05, 3.63) is 41.7 Å². The highest BCUT2D eigenvalue weighted by atomic mass is 16.5. The third kappa shape index (κ3) is 1.69. The summed E-state index contributed by atoms with van der Waals surface area (Å²) in [6.07, 6.45) is 14.2. The molecule has 0 aromatic heterocycles. The van der Waals surface area contributed by atoms with Gasteiger partial charge in [0.15, 0.2) is 6.10 Å². The molecule has 1 aliphatic heterocycles. The Bertz CT molecular complexity index is 271. The fourth-order valence-corrected chi connectivity index (χ4v) is 1.72. The molecule has 0 bridgehead atoms. The fourth-order valence-electron chi connectivity index (χ4n) is 1.72. The number of unbranched alkanes of at least 4 members (excludes halogenated alkanes) is 2. The van der Waals surface area contributed by atoms with Crippen LogP contribution in [0.5, 0.6) is 0 Å². The maximum atomic E-state index is 5.50. The number of hydrogen-bond acceptors (Lipinski definition) is 1. The molecule has 0 atom stereocenters. The minimum absolute atomic E-state index is 1.08. The molecule has 2 rings (SSSR count). The van der Waals surface area contributed by atoms with Crippen LogP contribution < -0.4 is 0 Å². The maximum absolute atomic E-state index is 5.50. The monoisotopic (exact) mass is 175 g/mol. The second kappa shape index (κ2) is 3.82. The molecule has 0 unspecified atom stereocenters. The molecule has 0 amide bonds. The third-order valence-electron chi connectivity index (χ3n) is 2.49. The lowest BCUT2D eigenvalue weighted by molar-refractivity contribution is 0.279. The van der Waals surface area contributed by atoms with Gasteiger partial charge in [-0.3, -0.25) is 0 Å². The summed E-state index contributed by atoms with van der Waals surface area (Å²) in [5, 5.41) is 0.